The van der Waals surface area contributed by atoms with Gasteiger partial charge < -0.3 is 0 Å². The lowest BCUT2D eigenvalue weighted by molar-refractivity contribution is 1.90. The van der Waals surface area contributed by atoms with Crippen molar-refractivity contribution in [2.24, 2.45) is 0 Å². The van der Waals surface area contributed by atoms with E-state index >= 15 is 0 Å². The fraction of sp³-hybridized carbons (Fsp3) is 0. The smallest absolute Gasteiger partial charge is 0.0200 e. The molecular weight excluding hydrogens is 108 g/mol. The summed E-state index contributed by atoms with van der Waals surface area (Å²) in [7, 11) is 0. The van der Waals surface area contributed by atoms with Crippen molar-refractivity contribution in [3.05, 3.63) is 54.3 Å². The third-order valence-corrected chi connectivity index (χ3v) is 0.940. The van der Waals surface area contributed by atoms with Crippen LogP contribution in [0.3, 0.4) is 0 Å². The first-order chi connectivity index (χ1) is 4.50. The van der Waals surface area contributed by atoms with Gasteiger partial charge in [0.25, 0.3) is 0 Å². The maximum absolute atomic E-state index is 2.96. The lowest BCUT2D eigenvalue weighted by atomic mass is 10.4. The lowest BCUT2D eigenvalue weighted by Gasteiger charge is -1.67. The van der Waals surface area contributed by atoms with Crippen molar-refractivity contribution in [1.29, 1.82) is 0 Å². The fourth-order valence-corrected chi connectivity index (χ4v) is 0.534. The summed E-state index contributed by atoms with van der Waals surface area (Å²) >= 11 is 0. The molecule has 0 heteroatoms. The molecule has 0 unspecified atom stereocenters. The standard InChI is InChI=1S/C9H8/c1-2-4-6-8-9-7-5-3-1/h1-8H/b2-1-,5-3-,6-4-. The molecule has 1 rings (SSSR count). The van der Waals surface area contributed by atoms with E-state index < -0.39 is 0 Å². The average molecular weight is 116 g/mol. The third-order valence-electron chi connectivity index (χ3n) is 0.940. The normalized spacial score (nSPS) is 25.8. The zero-order valence-electron chi connectivity index (χ0n) is 5.12. The molecule has 0 radical (unpaired) electrons. The molecule has 0 heterocycles. The Morgan fingerprint density at radius 3 is 1.56 bits per heavy atom. The molecule has 0 nitrogen and oxygen atoms in total. The Kier molecular flexibility index (Phi) is 2.42. The number of allylic oxidation sites excluding steroid dienone is 7. The van der Waals surface area contributed by atoms with Crippen LogP contribution in [-0.2, 0) is 0 Å². The highest BCUT2D eigenvalue weighted by atomic mass is 13.7. The first-order valence-corrected chi connectivity index (χ1v) is 2.91. The molecule has 0 spiro atoms. The van der Waals surface area contributed by atoms with Gasteiger partial charge in [0.1, 0.15) is 0 Å². The van der Waals surface area contributed by atoms with Crippen molar-refractivity contribution in [2.45, 2.75) is 0 Å². The molecule has 0 bridgehead atoms. The fourth-order valence-electron chi connectivity index (χ4n) is 0.534. The van der Waals surface area contributed by atoms with Gasteiger partial charge in [-0.1, -0.05) is 36.5 Å². The van der Waals surface area contributed by atoms with Gasteiger partial charge in [-0.3, -0.25) is 0 Å². The summed E-state index contributed by atoms with van der Waals surface area (Å²) in [5.74, 6) is 0. The van der Waals surface area contributed by atoms with Crippen molar-refractivity contribution in [3.63, 3.8) is 0 Å². The second kappa shape index (κ2) is 3.71. The molecule has 9 heavy (non-hydrogen) atoms. The molecule has 0 aromatic heterocycles. The van der Waals surface area contributed by atoms with Crippen LogP contribution >= 0.6 is 0 Å². The second-order valence-electron chi connectivity index (χ2n) is 1.65. The Morgan fingerprint density at radius 1 is 0.556 bits per heavy atom. The Bertz CT molecular complexity index is 188. The maximum atomic E-state index is 2.96. The summed E-state index contributed by atoms with van der Waals surface area (Å²) in [5.41, 5.74) is 2.96. The molecule has 44 valence electrons. The van der Waals surface area contributed by atoms with Gasteiger partial charge >= 0.3 is 0 Å². The summed E-state index contributed by atoms with van der Waals surface area (Å²) in [5, 5.41) is 0. The monoisotopic (exact) mass is 116 g/mol. The van der Waals surface area contributed by atoms with E-state index in [1.807, 2.05) is 48.6 Å². The van der Waals surface area contributed by atoms with Crippen LogP contribution in [0.15, 0.2) is 54.3 Å². The number of rotatable bonds is 0. The van der Waals surface area contributed by atoms with Crippen LogP contribution in [0.25, 0.3) is 0 Å². The van der Waals surface area contributed by atoms with Crippen LogP contribution in [0.5, 0.6) is 0 Å². The topological polar surface area (TPSA) is 0 Å². The van der Waals surface area contributed by atoms with E-state index in [0.29, 0.717) is 0 Å². The molecule has 1 aliphatic carbocycles. The minimum absolute atomic E-state index is 1.88. The van der Waals surface area contributed by atoms with Crippen LogP contribution in [0.1, 0.15) is 0 Å². The van der Waals surface area contributed by atoms with Gasteiger partial charge in [-0.15, -0.1) is 5.73 Å². The molecule has 0 amide bonds. The van der Waals surface area contributed by atoms with Crippen molar-refractivity contribution in [2.75, 3.05) is 0 Å². The first kappa shape index (κ1) is 5.87. The van der Waals surface area contributed by atoms with Gasteiger partial charge in [0.2, 0.25) is 0 Å². The van der Waals surface area contributed by atoms with Crippen LogP contribution in [0.4, 0.5) is 0 Å². The van der Waals surface area contributed by atoms with E-state index in [0.717, 1.165) is 0 Å². The zero-order valence-corrected chi connectivity index (χ0v) is 5.12. The van der Waals surface area contributed by atoms with Crippen LogP contribution in [0, 0.1) is 0 Å². The van der Waals surface area contributed by atoms with Crippen molar-refractivity contribution < 1.29 is 0 Å². The minimum Gasteiger partial charge on any atom is -0.121 e. The summed E-state index contributed by atoms with van der Waals surface area (Å²) in [4.78, 5) is 0. The van der Waals surface area contributed by atoms with Gasteiger partial charge in [0, 0.05) is 0 Å². The van der Waals surface area contributed by atoms with Crippen molar-refractivity contribution in [3.8, 4) is 0 Å². The molecule has 0 atom stereocenters. The molecule has 0 aliphatic heterocycles. The highest BCUT2D eigenvalue weighted by molar-refractivity contribution is 5.20. The summed E-state index contributed by atoms with van der Waals surface area (Å²) in [6, 6.07) is 0. The van der Waals surface area contributed by atoms with E-state index in [1.54, 1.807) is 0 Å². The quantitative estimate of drug-likeness (QED) is 0.426. The Labute approximate surface area is 55.2 Å². The largest absolute Gasteiger partial charge is 0.121 e. The zero-order chi connectivity index (χ0) is 6.36. The Morgan fingerprint density at radius 2 is 1.00 bits per heavy atom. The molecule has 0 N–H and O–H groups in total. The highest BCUT2D eigenvalue weighted by Gasteiger charge is 1.63. The molecular formula is C9H8. The molecule has 0 fully saturated rings. The predicted molar refractivity (Wildman–Crippen MR) is 40.1 cm³/mol. The Hall–Kier alpha value is -1.26. The molecule has 0 saturated heterocycles. The van der Waals surface area contributed by atoms with Crippen LogP contribution in [-0.4, -0.2) is 0 Å². The van der Waals surface area contributed by atoms with E-state index in [1.165, 1.54) is 0 Å². The van der Waals surface area contributed by atoms with E-state index in [9.17, 15) is 0 Å². The molecule has 0 aromatic rings. The van der Waals surface area contributed by atoms with Gasteiger partial charge in [-0.05, 0) is 12.2 Å². The van der Waals surface area contributed by atoms with E-state index in [-0.39, 0.29) is 0 Å². The lowest BCUT2D eigenvalue weighted by Crippen LogP contribution is -1.46. The van der Waals surface area contributed by atoms with E-state index in [2.05, 4.69) is 5.73 Å². The highest BCUT2D eigenvalue weighted by Crippen LogP contribution is 1.84. The second-order valence-corrected chi connectivity index (χ2v) is 1.65. The summed E-state index contributed by atoms with van der Waals surface area (Å²) in [6.45, 7) is 0. The summed E-state index contributed by atoms with van der Waals surface area (Å²) < 4.78 is 0. The minimum atomic E-state index is 1.88. The van der Waals surface area contributed by atoms with E-state index in [4.69, 9.17) is 0 Å². The Balaban J connectivity index is 2.81. The van der Waals surface area contributed by atoms with Gasteiger partial charge in [0.15, 0.2) is 0 Å². The SMILES string of the molecule is C1=C\C=C/C=C\C=C/C=1. The number of hydrogen-bond donors (Lipinski definition) is 0. The maximum Gasteiger partial charge on any atom is -0.0200 e. The van der Waals surface area contributed by atoms with Gasteiger partial charge in [-0.25, -0.2) is 0 Å². The van der Waals surface area contributed by atoms with Crippen LogP contribution < -0.4 is 0 Å². The summed E-state index contributed by atoms with van der Waals surface area (Å²) in [6.07, 6.45) is 15.5. The van der Waals surface area contributed by atoms with Gasteiger partial charge in [0.05, 0.1) is 0 Å². The van der Waals surface area contributed by atoms with Crippen molar-refractivity contribution in [1.82, 2.24) is 0 Å². The van der Waals surface area contributed by atoms with Crippen molar-refractivity contribution >= 4 is 0 Å². The number of hydrogen-bond acceptors (Lipinski definition) is 0. The first-order valence-electron chi connectivity index (χ1n) is 2.91. The van der Waals surface area contributed by atoms with Gasteiger partial charge in [-0.2, -0.15) is 0 Å². The molecule has 1 aliphatic rings. The molecule has 0 aromatic carbocycles. The average Bonchev–Trinajstić information content (AvgIpc) is 2.00. The predicted octanol–water partition coefficient (Wildman–Crippen LogP) is 2.38. The molecule has 0 saturated carbocycles. The third kappa shape index (κ3) is 2.53. The van der Waals surface area contributed by atoms with Crippen LogP contribution in [0.2, 0.25) is 0 Å².